The Hall–Kier alpha value is -2.58. The number of aliphatic hydroxyl groups is 1. The molecule has 1 N–H and O–H groups in total. The Morgan fingerprint density at radius 2 is 1.76 bits per heavy atom. The van der Waals surface area contributed by atoms with Crippen molar-refractivity contribution in [2.75, 3.05) is 26.2 Å². The van der Waals surface area contributed by atoms with E-state index in [1.54, 1.807) is 21.6 Å². The molecular weight excluding hydrogens is 486 g/mol. The average molecular weight is 524 g/mol. The van der Waals surface area contributed by atoms with Gasteiger partial charge in [0.15, 0.2) is 0 Å². The van der Waals surface area contributed by atoms with Gasteiger partial charge in [0, 0.05) is 31.4 Å². The first-order valence-corrected chi connectivity index (χ1v) is 14.3. The number of carbonyl (C=O) groups is 3. The summed E-state index contributed by atoms with van der Waals surface area (Å²) in [7, 11) is 0. The molecule has 5 rings (SSSR count). The van der Waals surface area contributed by atoms with Crippen LogP contribution in [0.5, 0.6) is 0 Å². The highest BCUT2D eigenvalue weighted by molar-refractivity contribution is 8.02. The Morgan fingerprint density at radius 1 is 1.03 bits per heavy atom. The van der Waals surface area contributed by atoms with Gasteiger partial charge in [-0.05, 0) is 17.9 Å². The number of aliphatic hydroxyl groups excluding tert-OH is 1. The van der Waals surface area contributed by atoms with Crippen molar-refractivity contribution < 1.29 is 19.5 Å². The van der Waals surface area contributed by atoms with E-state index >= 15 is 0 Å². The van der Waals surface area contributed by atoms with Gasteiger partial charge in [0.2, 0.25) is 17.7 Å². The number of thioether (sulfide) groups is 1. The van der Waals surface area contributed by atoms with Crippen molar-refractivity contribution in [3.63, 3.8) is 0 Å². The highest BCUT2D eigenvalue weighted by atomic mass is 32.2. The lowest BCUT2D eigenvalue weighted by atomic mass is 9.78. The second kappa shape index (κ2) is 10.3. The molecule has 1 aromatic rings. The van der Waals surface area contributed by atoms with E-state index in [0.717, 1.165) is 12.0 Å². The largest absolute Gasteiger partial charge is 0.394 e. The first-order valence-electron chi connectivity index (χ1n) is 13.4. The van der Waals surface area contributed by atoms with E-state index in [-0.39, 0.29) is 35.5 Å². The summed E-state index contributed by atoms with van der Waals surface area (Å²) >= 11 is 1.59. The fourth-order valence-electron chi connectivity index (χ4n) is 6.57. The minimum Gasteiger partial charge on any atom is -0.394 e. The second-order valence-corrected chi connectivity index (χ2v) is 12.4. The van der Waals surface area contributed by atoms with Crippen molar-refractivity contribution in [1.82, 2.24) is 14.7 Å². The fourth-order valence-corrected chi connectivity index (χ4v) is 8.56. The van der Waals surface area contributed by atoms with Crippen LogP contribution in [0.3, 0.4) is 0 Å². The fraction of sp³-hybridized carbons (Fsp3) is 0.552. The standard InChI is InChI=1S/C29H37N3O4S/c1-4-14-30-15-8-12-22-23(26(30)34)24-27(35)32(21(18-33)19(2)3)25-28(36)31(16-9-13-29(24,25)37-22)17-20-10-6-5-7-11-20/h5-13,19,21-25,33H,4,14-18H2,1-3H3/t21-,22-,23+,24-,25?,29-/m0/s1. The molecule has 1 spiro atoms. The van der Waals surface area contributed by atoms with Crippen LogP contribution in [0.2, 0.25) is 0 Å². The Morgan fingerprint density at radius 3 is 2.43 bits per heavy atom. The monoisotopic (exact) mass is 523 g/mol. The smallest absolute Gasteiger partial charge is 0.247 e. The van der Waals surface area contributed by atoms with Crippen LogP contribution in [0.4, 0.5) is 0 Å². The molecule has 0 radical (unpaired) electrons. The number of hydrogen-bond donors (Lipinski definition) is 1. The number of rotatable bonds is 7. The van der Waals surface area contributed by atoms with E-state index in [2.05, 4.69) is 6.08 Å². The summed E-state index contributed by atoms with van der Waals surface area (Å²) in [5.74, 6) is -1.52. The third kappa shape index (κ3) is 4.22. The Bertz CT molecular complexity index is 1110. The van der Waals surface area contributed by atoms with Crippen LogP contribution in [0, 0.1) is 17.8 Å². The average Bonchev–Trinajstić information content (AvgIpc) is 3.20. The number of nitrogens with zero attached hydrogens (tertiary/aromatic N) is 3. The topological polar surface area (TPSA) is 81.2 Å². The third-order valence-corrected chi connectivity index (χ3v) is 10.0. The first kappa shape index (κ1) is 26.0. The number of likely N-dealkylation sites (tertiary alicyclic amines) is 1. The minimum atomic E-state index is -0.855. The van der Waals surface area contributed by atoms with Crippen molar-refractivity contribution >= 4 is 29.5 Å². The second-order valence-electron chi connectivity index (χ2n) is 10.9. The van der Waals surface area contributed by atoms with Crippen molar-refractivity contribution in [2.24, 2.45) is 17.8 Å². The van der Waals surface area contributed by atoms with Crippen LogP contribution in [0.25, 0.3) is 0 Å². The van der Waals surface area contributed by atoms with E-state index in [1.165, 1.54) is 0 Å². The zero-order valence-electron chi connectivity index (χ0n) is 21.8. The third-order valence-electron chi connectivity index (χ3n) is 8.29. The zero-order chi connectivity index (χ0) is 26.3. The van der Waals surface area contributed by atoms with Crippen molar-refractivity contribution in [3.8, 4) is 0 Å². The summed E-state index contributed by atoms with van der Waals surface area (Å²) in [6.07, 6.45) is 9.00. The van der Waals surface area contributed by atoms with E-state index in [9.17, 15) is 19.5 Å². The maximum absolute atomic E-state index is 14.4. The molecule has 0 aromatic heterocycles. The summed E-state index contributed by atoms with van der Waals surface area (Å²) in [5, 5.41) is 10.2. The summed E-state index contributed by atoms with van der Waals surface area (Å²) < 4.78 is -0.855. The van der Waals surface area contributed by atoms with Crippen molar-refractivity contribution in [2.45, 2.75) is 55.8 Å². The molecule has 37 heavy (non-hydrogen) atoms. The van der Waals surface area contributed by atoms with Gasteiger partial charge in [0.1, 0.15) is 6.04 Å². The molecule has 198 valence electrons. The summed E-state index contributed by atoms with van der Waals surface area (Å²) in [6, 6.07) is 8.58. The molecule has 0 bridgehead atoms. The van der Waals surface area contributed by atoms with Gasteiger partial charge in [-0.3, -0.25) is 14.4 Å². The van der Waals surface area contributed by atoms with E-state index in [1.807, 2.05) is 74.2 Å². The van der Waals surface area contributed by atoms with Gasteiger partial charge in [0.05, 0.1) is 29.2 Å². The molecule has 2 fully saturated rings. The Labute approximate surface area is 223 Å². The maximum Gasteiger partial charge on any atom is 0.247 e. The first-order chi connectivity index (χ1) is 17.8. The molecule has 6 atom stereocenters. The molecule has 4 aliphatic rings. The molecule has 4 aliphatic heterocycles. The number of amides is 3. The Balaban J connectivity index is 1.60. The number of benzene rings is 1. The van der Waals surface area contributed by atoms with Gasteiger partial charge in [0.25, 0.3) is 0 Å². The van der Waals surface area contributed by atoms with Gasteiger partial charge in [-0.1, -0.05) is 75.4 Å². The quantitative estimate of drug-likeness (QED) is 0.556. The lowest BCUT2D eigenvalue weighted by Crippen LogP contribution is -2.57. The lowest BCUT2D eigenvalue weighted by molar-refractivity contribution is -0.148. The number of hydrogen-bond acceptors (Lipinski definition) is 5. The molecular formula is C29H37N3O4S. The van der Waals surface area contributed by atoms with Crippen LogP contribution >= 0.6 is 11.8 Å². The Kier molecular flexibility index (Phi) is 7.24. The predicted molar refractivity (Wildman–Crippen MR) is 144 cm³/mol. The molecule has 8 heteroatoms. The van der Waals surface area contributed by atoms with Crippen molar-refractivity contribution in [3.05, 3.63) is 60.2 Å². The number of fused-ring (bicyclic) bond motifs is 2. The lowest BCUT2D eigenvalue weighted by Gasteiger charge is -2.39. The maximum atomic E-state index is 14.4. The normalized spacial score (nSPS) is 31.9. The van der Waals surface area contributed by atoms with Gasteiger partial charge >= 0.3 is 0 Å². The van der Waals surface area contributed by atoms with Crippen LogP contribution in [0.15, 0.2) is 54.6 Å². The van der Waals surface area contributed by atoms with Crippen LogP contribution in [-0.4, -0.2) is 85.8 Å². The molecule has 1 unspecified atom stereocenters. The van der Waals surface area contributed by atoms with Crippen LogP contribution in [0.1, 0.15) is 32.8 Å². The highest BCUT2D eigenvalue weighted by Crippen LogP contribution is 2.61. The molecule has 2 saturated heterocycles. The van der Waals surface area contributed by atoms with Gasteiger partial charge in [-0.15, -0.1) is 11.8 Å². The zero-order valence-corrected chi connectivity index (χ0v) is 22.6. The van der Waals surface area contributed by atoms with E-state index in [4.69, 9.17) is 0 Å². The summed E-state index contributed by atoms with van der Waals surface area (Å²) in [4.78, 5) is 47.9. The molecule has 1 aromatic carbocycles. The van der Waals surface area contributed by atoms with Crippen LogP contribution in [-0.2, 0) is 20.9 Å². The molecule has 7 nitrogen and oxygen atoms in total. The summed E-state index contributed by atoms with van der Waals surface area (Å²) in [5.41, 5.74) is 1.02. The molecule has 4 heterocycles. The van der Waals surface area contributed by atoms with Crippen LogP contribution < -0.4 is 0 Å². The van der Waals surface area contributed by atoms with E-state index in [0.29, 0.717) is 26.2 Å². The van der Waals surface area contributed by atoms with E-state index < -0.39 is 28.7 Å². The summed E-state index contributed by atoms with van der Waals surface area (Å²) in [6.45, 7) is 7.81. The highest BCUT2D eigenvalue weighted by Gasteiger charge is 2.71. The predicted octanol–water partition coefficient (Wildman–Crippen LogP) is 2.71. The molecule has 0 saturated carbocycles. The molecule has 0 aliphatic carbocycles. The number of carbonyl (C=O) groups excluding carboxylic acids is 3. The van der Waals surface area contributed by atoms with Gasteiger partial charge < -0.3 is 19.8 Å². The van der Waals surface area contributed by atoms with Gasteiger partial charge in [-0.2, -0.15) is 0 Å². The van der Waals surface area contributed by atoms with Gasteiger partial charge in [-0.25, -0.2) is 0 Å². The van der Waals surface area contributed by atoms with Crippen molar-refractivity contribution in [1.29, 1.82) is 0 Å². The SMILES string of the molecule is CCCN1CC=C[C@@H]2S[C@]34C=CCN(Cc5ccccc5)C(=O)C3N([C@@H](CO)C(C)C)C(=O)[C@@H]4[C@@H]2C1=O. The minimum absolute atomic E-state index is 0.00323. The molecule has 3 amide bonds.